The summed E-state index contributed by atoms with van der Waals surface area (Å²) in [6.45, 7) is 3.15. The zero-order valence-corrected chi connectivity index (χ0v) is 15.9. The SMILES string of the molecule is CCOC(=O)[C@@H]1CCCN(c2nc3ccccc3nc2[C@@H](C#N)C(=O)OC)C1. The van der Waals surface area contributed by atoms with E-state index in [-0.39, 0.29) is 17.6 Å². The number of anilines is 1. The number of nitrogens with zero attached hydrogens (tertiary/aromatic N) is 4. The Morgan fingerprint density at radius 3 is 2.68 bits per heavy atom. The standard InChI is InChI=1S/C20H22N4O4/c1-3-28-19(25)13-7-6-10-24(12-13)18-17(14(11-21)20(26)27-2)22-15-8-4-5-9-16(15)23-18/h4-5,8-9,13-14H,3,6-7,10,12H2,1-2H3/t13-,14-/m1/s1. The molecule has 2 atom stereocenters. The monoisotopic (exact) mass is 382 g/mol. The molecule has 0 unspecified atom stereocenters. The van der Waals surface area contributed by atoms with Gasteiger partial charge >= 0.3 is 11.9 Å². The number of ether oxygens (including phenoxy) is 2. The number of carbonyl (C=O) groups is 2. The van der Waals surface area contributed by atoms with Crippen LogP contribution in [0.25, 0.3) is 11.0 Å². The van der Waals surface area contributed by atoms with Gasteiger partial charge in [0.1, 0.15) is 5.69 Å². The van der Waals surface area contributed by atoms with E-state index in [1.165, 1.54) is 7.11 Å². The molecular weight excluding hydrogens is 360 g/mol. The van der Waals surface area contributed by atoms with E-state index in [0.29, 0.717) is 36.5 Å². The maximum atomic E-state index is 12.2. The number of benzene rings is 1. The molecule has 0 amide bonds. The highest BCUT2D eigenvalue weighted by Gasteiger charge is 2.33. The second kappa shape index (κ2) is 8.65. The fourth-order valence-electron chi connectivity index (χ4n) is 3.40. The number of piperidine rings is 1. The Hall–Kier alpha value is -3.21. The van der Waals surface area contributed by atoms with E-state index >= 15 is 0 Å². The summed E-state index contributed by atoms with van der Waals surface area (Å²) in [5, 5.41) is 9.57. The molecule has 0 spiro atoms. The van der Waals surface area contributed by atoms with Gasteiger partial charge in [0, 0.05) is 13.1 Å². The molecule has 0 aliphatic carbocycles. The number of nitriles is 1. The molecule has 1 saturated heterocycles. The summed E-state index contributed by atoms with van der Waals surface area (Å²) < 4.78 is 9.94. The summed E-state index contributed by atoms with van der Waals surface area (Å²) in [7, 11) is 1.23. The second-order valence-electron chi connectivity index (χ2n) is 6.54. The Kier molecular flexibility index (Phi) is 6.04. The average Bonchev–Trinajstić information content (AvgIpc) is 2.73. The van der Waals surface area contributed by atoms with Crippen LogP contribution in [-0.2, 0) is 19.1 Å². The summed E-state index contributed by atoms with van der Waals surface area (Å²) in [5.41, 5.74) is 1.49. The highest BCUT2D eigenvalue weighted by atomic mass is 16.5. The van der Waals surface area contributed by atoms with Crippen LogP contribution in [0.1, 0.15) is 31.4 Å². The highest BCUT2D eigenvalue weighted by Crippen LogP contribution is 2.31. The molecule has 0 bridgehead atoms. The summed E-state index contributed by atoms with van der Waals surface area (Å²) in [5.74, 6) is -1.97. The number of hydrogen-bond acceptors (Lipinski definition) is 8. The fraction of sp³-hybridized carbons (Fsp3) is 0.450. The third kappa shape index (κ3) is 3.88. The maximum Gasteiger partial charge on any atom is 0.329 e. The molecule has 1 aromatic heterocycles. The van der Waals surface area contributed by atoms with Gasteiger partial charge in [-0.3, -0.25) is 9.59 Å². The van der Waals surface area contributed by atoms with Crippen LogP contribution in [-0.4, -0.2) is 48.7 Å². The van der Waals surface area contributed by atoms with Crippen molar-refractivity contribution in [1.29, 1.82) is 5.26 Å². The largest absolute Gasteiger partial charge is 0.468 e. The zero-order valence-electron chi connectivity index (χ0n) is 15.9. The number of rotatable bonds is 5. The van der Waals surface area contributed by atoms with Gasteiger partial charge in [0.2, 0.25) is 0 Å². The quantitative estimate of drug-likeness (QED) is 0.725. The maximum absolute atomic E-state index is 12.2. The molecule has 1 aliphatic heterocycles. The number of para-hydroxylation sites is 2. The molecule has 0 saturated carbocycles. The van der Waals surface area contributed by atoms with Gasteiger partial charge in [0.05, 0.1) is 36.7 Å². The van der Waals surface area contributed by atoms with Gasteiger partial charge in [-0.05, 0) is 31.9 Å². The minimum absolute atomic E-state index is 0.243. The van der Waals surface area contributed by atoms with Gasteiger partial charge < -0.3 is 14.4 Å². The molecule has 2 aromatic rings. The Labute approximate surface area is 163 Å². The van der Waals surface area contributed by atoms with Crippen molar-refractivity contribution in [3.05, 3.63) is 30.0 Å². The Morgan fingerprint density at radius 2 is 2.04 bits per heavy atom. The van der Waals surface area contributed by atoms with Crippen LogP contribution < -0.4 is 4.90 Å². The highest BCUT2D eigenvalue weighted by molar-refractivity contribution is 5.85. The van der Waals surface area contributed by atoms with Gasteiger partial charge in [-0.15, -0.1) is 0 Å². The smallest absolute Gasteiger partial charge is 0.329 e. The molecule has 28 heavy (non-hydrogen) atoms. The summed E-state index contributed by atoms with van der Waals surface area (Å²) in [4.78, 5) is 35.5. The zero-order chi connectivity index (χ0) is 20.1. The van der Waals surface area contributed by atoms with Crippen LogP contribution in [0.4, 0.5) is 5.82 Å². The molecule has 0 radical (unpaired) electrons. The second-order valence-corrected chi connectivity index (χ2v) is 6.54. The van der Waals surface area contributed by atoms with E-state index in [4.69, 9.17) is 9.47 Å². The number of fused-ring (bicyclic) bond motifs is 1. The molecule has 1 fully saturated rings. The summed E-state index contributed by atoms with van der Waals surface area (Å²) >= 11 is 0. The first-order valence-corrected chi connectivity index (χ1v) is 9.24. The topological polar surface area (TPSA) is 105 Å². The van der Waals surface area contributed by atoms with Crippen LogP contribution in [0.15, 0.2) is 24.3 Å². The van der Waals surface area contributed by atoms with Gasteiger partial charge in [-0.2, -0.15) is 5.26 Å². The van der Waals surface area contributed by atoms with Crippen molar-refractivity contribution in [2.45, 2.75) is 25.7 Å². The number of aromatic nitrogens is 2. The van der Waals surface area contributed by atoms with Crippen molar-refractivity contribution in [3.8, 4) is 6.07 Å². The normalized spacial score (nSPS) is 17.6. The average molecular weight is 382 g/mol. The van der Waals surface area contributed by atoms with Crippen molar-refractivity contribution >= 4 is 28.8 Å². The van der Waals surface area contributed by atoms with E-state index < -0.39 is 11.9 Å². The molecule has 0 N–H and O–H groups in total. The van der Waals surface area contributed by atoms with Gasteiger partial charge in [0.25, 0.3) is 0 Å². The number of esters is 2. The number of carbonyl (C=O) groups excluding carboxylic acids is 2. The minimum Gasteiger partial charge on any atom is -0.468 e. The lowest BCUT2D eigenvalue weighted by Gasteiger charge is -2.33. The minimum atomic E-state index is -1.19. The van der Waals surface area contributed by atoms with E-state index in [9.17, 15) is 14.9 Å². The fourth-order valence-corrected chi connectivity index (χ4v) is 3.40. The summed E-state index contributed by atoms with van der Waals surface area (Å²) in [6, 6.07) is 9.23. The predicted molar refractivity (Wildman–Crippen MR) is 101 cm³/mol. The van der Waals surface area contributed by atoms with Crippen molar-refractivity contribution < 1.29 is 19.1 Å². The predicted octanol–water partition coefficient (Wildman–Crippen LogP) is 2.19. The van der Waals surface area contributed by atoms with Crippen LogP contribution >= 0.6 is 0 Å². The molecule has 8 nitrogen and oxygen atoms in total. The van der Waals surface area contributed by atoms with Crippen LogP contribution in [0.3, 0.4) is 0 Å². The number of methoxy groups -OCH3 is 1. The molecule has 1 aromatic carbocycles. The van der Waals surface area contributed by atoms with Gasteiger partial charge in [-0.25, -0.2) is 9.97 Å². The first-order valence-electron chi connectivity index (χ1n) is 9.24. The van der Waals surface area contributed by atoms with E-state index in [2.05, 4.69) is 9.97 Å². The van der Waals surface area contributed by atoms with E-state index in [1.807, 2.05) is 29.2 Å². The van der Waals surface area contributed by atoms with Crippen LogP contribution in [0.5, 0.6) is 0 Å². The Balaban J connectivity index is 2.05. The van der Waals surface area contributed by atoms with Gasteiger partial charge in [0.15, 0.2) is 11.7 Å². The molecular formula is C20H22N4O4. The third-order valence-corrected chi connectivity index (χ3v) is 4.76. The van der Waals surface area contributed by atoms with E-state index in [0.717, 1.165) is 12.8 Å². The lowest BCUT2D eigenvalue weighted by molar-refractivity contribution is -0.148. The van der Waals surface area contributed by atoms with Crippen LogP contribution in [0, 0.1) is 17.2 Å². The molecule has 2 heterocycles. The summed E-state index contributed by atoms with van der Waals surface area (Å²) in [6.07, 6.45) is 1.50. The van der Waals surface area contributed by atoms with E-state index in [1.54, 1.807) is 13.0 Å². The molecule has 8 heteroatoms. The first-order chi connectivity index (χ1) is 13.6. The Morgan fingerprint density at radius 1 is 1.32 bits per heavy atom. The number of hydrogen-bond donors (Lipinski definition) is 0. The lowest BCUT2D eigenvalue weighted by atomic mass is 9.97. The lowest BCUT2D eigenvalue weighted by Crippen LogP contribution is -2.40. The van der Waals surface area contributed by atoms with Crippen molar-refractivity contribution in [2.24, 2.45) is 5.92 Å². The van der Waals surface area contributed by atoms with Crippen LogP contribution in [0.2, 0.25) is 0 Å². The molecule has 3 rings (SSSR count). The van der Waals surface area contributed by atoms with Crippen molar-refractivity contribution in [3.63, 3.8) is 0 Å². The Bertz CT molecular complexity index is 924. The third-order valence-electron chi connectivity index (χ3n) is 4.76. The van der Waals surface area contributed by atoms with Gasteiger partial charge in [-0.1, -0.05) is 12.1 Å². The van der Waals surface area contributed by atoms with Crippen molar-refractivity contribution in [1.82, 2.24) is 9.97 Å². The molecule has 1 aliphatic rings. The molecule has 146 valence electrons. The first kappa shape index (κ1) is 19.5. The van der Waals surface area contributed by atoms with Crippen molar-refractivity contribution in [2.75, 3.05) is 31.7 Å².